The summed E-state index contributed by atoms with van der Waals surface area (Å²) in [6, 6.07) is 0. The van der Waals surface area contributed by atoms with E-state index in [-0.39, 0.29) is 18.6 Å². The van der Waals surface area contributed by atoms with Crippen molar-refractivity contribution in [3.63, 3.8) is 0 Å². The molecule has 2 aliphatic rings. The molecule has 88 valence electrons. The van der Waals surface area contributed by atoms with Crippen molar-refractivity contribution < 1.29 is 10.2 Å². The Bertz CT molecular complexity index is 211. The van der Waals surface area contributed by atoms with E-state index in [2.05, 4.69) is 31.9 Å². The van der Waals surface area contributed by atoms with Gasteiger partial charge >= 0.3 is 0 Å². The summed E-state index contributed by atoms with van der Waals surface area (Å²) < 4.78 is 0. The van der Waals surface area contributed by atoms with Crippen molar-refractivity contribution in [2.45, 2.75) is 35.3 Å². The highest BCUT2D eigenvalue weighted by atomic mass is 79.9. The minimum atomic E-state index is -0.149. The lowest BCUT2D eigenvalue weighted by atomic mass is 10.0. The Hall–Kier alpha value is 0.880. The van der Waals surface area contributed by atoms with Gasteiger partial charge in [-0.15, -0.1) is 0 Å². The van der Waals surface area contributed by atoms with Crippen LogP contribution in [-0.4, -0.2) is 33.1 Å². The van der Waals surface area contributed by atoms with Crippen molar-refractivity contribution in [2.75, 3.05) is 13.2 Å². The lowest BCUT2D eigenvalue weighted by molar-refractivity contribution is 0.111. The average molecular weight is 342 g/mol. The van der Waals surface area contributed by atoms with E-state index in [0.717, 1.165) is 25.7 Å². The fourth-order valence-corrected chi connectivity index (χ4v) is 4.26. The van der Waals surface area contributed by atoms with Crippen LogP contribution in [0.1, 0.15) is 25.7 Å². The Labute approximate surface area is 108 Å². The van der Waals surface area contributed by atoms with E-state index in [0.29, 0.717) is 21.5 Å². The standard InChI is InChI=1S/C11H18Br2O2/c12-9-3-1-7-8(2-4-10(9)13)11(7,5-14)6-15/h7-10,14-15H,1-6H2/t7-,8-,9+,10+/m1/s1. The van der Waals surface area contributed by atoms with E-state index in [1.807, 2.05) is 0 Å². The fraction of sp³-hybridized carbons (Fsp3) is 1.00. The van der Waals surface area contributed by atoms with Gasteiger partial charge in [-0.05, 0) is 37.5 Å². The van der Waals surface area contributed by atoms with Gasteiger partial charge in [0.05, 0.1) is 13.2 Å². The fourth-order valence-electron chi connectivity index (χ4n) is 3.21. The van der Waals surface area contributed by atoms with Gasteiger partial charge in [-0.1, -0.05) is 31.9 Å². The van der Waals surface area contributed by atoms with E-state index in [4.69, 9.17) is 0 Å². The van der Waals surface area contributed by atoms with Crippen LogP contribution in [-0.2, 0) is 0 Å². The van der Waals surface area contributed by atoms with Gasteiger partial charge in [-0.3, -0.25) is 0 Å². The summed E-state index contributed by atoms with van der Waals surface area (Å²) in [6.07, 6.45) is 4.53. The van der Waals surface area contributed by atoms with Crippen molar-refractivity contribution >= 4 is 31.9 Å². The summed E-state index contributed by atoms with van der Waals surface area (Å²) in [5.41, 5.74) is -0.149. The van der Waals surface area contributed by atoms with Crippen LogP contribution in [0.3, 0.4) is 0 Å². The Balaban J connectivity index is 2.03. The number of halogens is 2. The third-order valence-electron chi connectivity index (χ3n) is 4.34. The Kier molecular flexibility index (Phi) is 3.81. The van der Waals surface area contributed by atoms with E-state index < -0.39 is 0 Å². The van der Waals surface area contributed by atoms with Crippen molar-refractivity contribution in [2.24, 2.45) is 17.3 Å². The summed E-state index contributed by atoms with van der Waals surface area (Å²) in [4.78, 5) is 1.07. The molecule has 2 aliphatic carbocycles. The third kappa shape index (κ3) is 2.03. The first-order valence-electron chi connectivity index (χ1n) is 5.65. The molecule has 2 fully saturated rings. The summed E-state index contributed by atoms with van der Waals surface area (Å²) in [7, 11) is 0. The van der Waals surface area contributed by atoms with Gasteiger partial charge in [0, 0.05) is 15.1 Å². The van der Waals surface area contributed by atoms with Crippen molar-refractivity contribution in [3.8, 4) is 0 Å². The normalized spacial score (nSPS) is 44.0. The molecule has 2 N–H and O–H groups in total. The molecule has 2 nitrogen and oxygen atoms in total. The highest BCUT2D eigenvalue weighted by molar-refractivity contribution is 9.12. The second-order valence-electron chi connectivity index (χ2n) is 4.95. The molecule has 4 heteroatoms. The maximum Gasteiger partial charge on any atom is 0.0514 e. The Morgan fingerprint density at radius 2 is 1.27 bits per heavy atom. The molecule has 0 aromatic heterocycles. The lowest BCUT2D eigenvalue weighted by Crippen LogP contribution is -2.16. The molecule has 0 aromatic rings. The highest BCUT2D eigenvalue weighted by Crippen LogP contribution is 2.63. The average Bonchev–Trinajstić information content (AvgIpc) is 2.87. The third-order valence-corrected chi connectivity index (χ3v) is 7.24. The minimum absolute atomic E-state index is 0.149. The summed E-state index contributed by atoms with van der Waals surface area (Å²) in [5.74, 6) is 1.10. The monoisotopic (exact) mass is 340 g/mol. The van der Waals surface area contributed by atoms with E-state index in [9.17, 15) is 10.2 Å². The lowest BCUT2D eigenvalue weighted by Gasteiger charge is -2.18. The molecule has 0 aliphatic heterocycles. The number of hydrogen-bond acceptors (Lipinski definition) is 2. The minimum Gasteiger partial charge on any atom is -0.396 e. The maximum atomic E-state index is 9.42. The van der Waals surface area contributed by atoms with Crippen LogP contribution in [0, 0.1) is 17.3 Å². The number of aliphatic hydroxyl groups is 2. The highest BCUT2D eigenvalue weighted by Gasteiger charge is 2.62. The zero-order valence-electron chi connectivity index (χ0n) is 8.70. The van der Waals surface area contributed by atoms with Gasteiger partial charge in [-0.2, -0.15) is 0 Å². The summed E-state index contributed by atoms with van der Waals surface area (Å²) in [6.45, 7) is 0.303. The molecule has 0 amide bonds. The van der Waals surface area contributed by atoms with E-state index in [1.165, 1.54) is 0 Å². The number of fused-ring (bicyclic) bond motifs is 1. The number of aliphatic hydroxyl groups excluding tert-OH is 2. The molecule has 2 saturated carbocycles. The van der Waals surface area contributed by atoms with Crippen LogP contribution in [0.2, 0.25) is 0 Å². The summed E-state index contributed by atoms with van der Waals surface area (Å²) in [5, 5.41) is 18.8. The van der Waals surface area contributed by atoms with Crippen molar-refractivity contribution in [3.05, 3.63) is 0 Å². The molecular weight excluding hydrogens is 324 g/mol. The van der Waals surface area contributed by atoms with Gasteiger partial charge in [0.2, 0.25) is 0 Å². The second kappa shape index (κ2) is 4.63. The zero-order valence-corrected chi connectivity index (χ0v) is 11.9. The predicted molar refractivity (Wildman–Crippen MR) is 67.5 cm³/mol. The van der Waals surface area contributed by atoms with Crippen LogP contribution < -0.4 is 0 Å². The first-order chi connectivity index (χ1) is 7.15. The molecule has 0 unspecified atom stereocenters. The number of alkyl halides is 2. The van der Waals surface area contributed by atoms with Gasteiger partial charge in [-0.25, -0.2) is 0 Å². The Morgan fingerprint density at radius 1 is 0.867 bits per heavy atom. The SMILES string of the molecule is OCC1(CO)[C@@H]2CC[C@H](Br)[C@@H](Br)CC[C@H]21. The van der Waals surface area contributed by atoms with Gasteiger partial charge in [0.1, 0.15) is 0 Å². The first kappa shape index (κ1) is 12.3. The second-order valence-corrected chi connectivity index (χ2v) is 7.30. The topological polar surface area (TPSA) is 40.5 Å². The molecule has 15 heavy (non-hydrogen) atoms. The molecule has 0 aromatic carbocycles. The van der Waals surface area contributed by atoms with Crippen molar-refractivity contribution in [1.29, 1.82) is 0 Å². The van der Waals surface area contributed by atoms with Gasteiger partial charge < -0.3 is 10.2 Å². The zero-order chi connectivity index (χ0) is 11.1. The van der Waals surface area contributed by atoms with Crippen LogP contribution >= 0.6 is 31.9 Å². The van der Waals surface area contributed by atoms with Gasteiger partial charge in [0.25, 0.3) is 0 Å². The molecule has 0 saturated heterocycles. The van der Waals surface area contributed by atoms with E-state index in [1.54, 1.807) is 0 Å². The molecule has 4 atom stereocenters. The molecule has 0 spiro atoms. The molecule has 0 heterocycles. The van der Waals surface area contributed by atoms with Crippen LogP contribution in [0.25, 0.3) is 0 Å². The maximum absolute atomic E-state index is 9.42. The van der Waals surface area contributed by atoms with Crippen LogP contribution in [0.4, 0.5) is 0 Å². The molecular formula is C11H18Br2O2. The van der Waals surface area contributed by atoms with Gasteiger partial charge in [0.15, 0.2) is 0 Å². The first-order valence-corrected chi connectivity index (χ1v) is 7.48. The molecule has 0 bridgehead atoms. The number of rotatable bonds is 2. The number of hydrogen-bond donors (Lipinski definition) is 2. The quantitative estimate of drug-likeness (QED) is 0.757. The largest absolute Gasteiger partial charge is 0.396 e. The molecule has 2 rings (SSSR count). The Morgan fingerprint density at radius 3 is 1.60 bits per heavy atom. The molecule has 0 radical (unpaired) electrons. The summed E-state index contributed by atoms with van der Waals surface area (Å²) >= 11 is 7.39. The van der Waals surface area contributed by atoms with Crippen LogP contribution in [0.15, 0.2) is 0 Å². The predicted octanol–water partition coefficient (Wildman–Crippen LogP) is 2.30. The smallest absolute Gasteiger partial charge is 0.0514 e. The van der Waals surface area contributed by atoms with Crippen LogP contribution in [0.5, 0.6) is 0 Å². The van der Waals surface area contributed by atoms with E-state index >= 15 is 0 Å². The van der Waals surface area contributed by atoms with Crippen molar-refractivity contribution in [1.82, 2.24) is 0 Å².